The van der Waals surface area contributed by atoms with Crippen molar-refractivity contribution in [2.24, 2.45) is 0 Å². The first-order chi connectivity index (χ1) is 25.6. The predicted octanol–water partition coefficient (Wildman–Crippen LogP) is 9.64. The zero-order valence-electron chi connectivity index (χ0n) is 30.1. The summed E-state index contributed by atoms with van der Waals surface area (Å²) in [6.07, 6.45) is 0.819. The highest BCUT2D eigenvalue weighted by atomic mass is 35.5. The first-order valence-corrected chi connectivity index (χ1v) is 19.1. The predicted molar refractivity (Wildman–Crippen MR) is 217 cm³/mol. The molecule has 0 fully saturated rings. The minimum Gasteiger partial charge on any atom is -0.464 e. The van der Waals surface area contributed by atoms with E-state index >= 15 is 0 Å². The Kier molecular flexibility index (Phi) is 18.4. The van der Waals surface area contributed by atoms with E-state index in [-0.39, 0.29) is 37.9 Å². The fraction of sp³-hybridized carbons (Fsp3) is 0.300. The lowest BCUT2D eigenvalue weighted by atomic mass is 10.0. The van der Waals surface area contributed by atoms with E-state index in [2.05, 4.69) is 0 Å². The molecule has 0 aliphatic heterocycles. The minimum absolute atomic E-state index is 0.0586. The zero-order chi connectivity index (χ0) is 39.9. The molecule has 0 saturated heterocycles. The van der Waals surface area contributed by atoms with Crippen LogP contribution in [0.5, 0.6) is 0 Å². The number of rotatable bonds is 14. The highest BCUT2D eigenvalue weighted by Gasteiger charge is 2.30. The maximum absolute atomic E-state index is 12.7. The van der Waals surface area contributed by atoms with E-state index in [4.69, 9.17) is 79.1 Å². The van der Waals surface area contributed by atoms with E-state index in [0.29, 0.717) is 48.5 Å². The van der Waals surface area contributed by atoms with Gasteiger partial charge < -0.3 is 19.3 Å². The molecule has 0 saturated carbocycles. The summed E-state index contributed by atoms with van der Waals surface area (Å²) in [6, 6.07) is 22.8. The Bertz CT molecular complexity index is 1890. The molecular weight excluding hydrogens is 817 g/mol. The van der Waals surface area contributed by atoms with Gasteiger partial charge in [-0.25, -0.2) is 9.59 Å². The maximum Gasteiger partial charge on any atom is 0.329 e. The molecule has 2 atom stereocenters. The van der Waals surface area contributed by atoms with Gasteiger partial charge in [0.05, 0.1) is 36.1 Å². The molecule has 0 aliphatic carbocycles. The molecule has 4 aromatic rings. The van der Waals surface area contributed by atoms with Crippen molar-refractivity contribution in [2.75, 3.05) is 27.3 Å². The van der Waals surface area contributed by atoms with Gasteiger partial charge in [0.15, 0.2) is 0 Å². The summed E-state index contributed by atoms with van der Waals surface area (Å²) in [5, 5.41) is 2.93. The molecule has 8 nitrogen and oxygen atoms in total. The summed E-state index contributed by atoms with van der Waals surface area (Å²) in [5.74, 6) is -1.37. The number of amides is 2. The topological polar surface area (TPSA) is 93.2 Å². The van der Waals surface area contributed by atoms with Crippen LogP contribution < -0.4 is 0 Å². The number of ether oxygens (including phenoxy) is 2. The Morgan fingerprint density at radius 2 is 0.944 bits per heavy atom. The van der Waals surface area contributed by atoms with E-state index in [1.165, 1.54) is 9.80 Å². The third-order valence-electron chi connectivity index (χ3n) is 8.22. The van der Waals surface area contributed by atoms with Crippen molar-refractivity contribution in [1.82, 2.24) is 9.80 Å². The highest BCUT2D eigenvalue weighted by Crippen LogP contribution is 2.24. The van der Waals surface area contributed by atoms with Gasteiger partial charge in [-0.1, -0.05) is 106 Å². The maximum atomic E-state index is 12.7. The van der Waals surface area contributed by atoms with Crippen molar-refractivity contribution < 1.29 is 28.7 Å². The SMILES string of the molecule is CCOC(=O)C(Cc1ccc(Cl)cc1)N(C)C(=O)Cc1ccc(Cl)c(Cl)c1.CCOC(=O)C(Cc1ccc(Cl)cc1)N(C)C(=O)Cc1ccc(Cl)cc1Cl. The van der Waals surface area contributed by atoms with Gasteiger partial charge in [0.25, 0.3) is 0 Å². The minimum atomic E-state index is -0.746. The van der Waals surface area contributed by atoms with Gasteiger partial charge in [-0.15, -0.1) is 0 Å². The van der Waals surface area contributed by atoms with Gasteiger partial charge in [-0.3, -0.25) is 9.59 Å². The first-order valence-electron chi connectivity index (χ1n) is 16.8. The van der Waals surface area contributed by atoms with Crippen LogP contribution in [0.2, 0.25) is 30.1 Å². The van der Waals surface area contributed by atoms with E-state index < -0.39 is 24.0 Å². The summed E-state index contributed by atoms with van der Waals surface area (Å²) in [7, 11) is 3.18. The second-order valence-electron chi connectivity index (χ2n) is 12.0. The molecule has 4 aromatic carbocycles. The van der Waals surface area contributed by atoms with Crippen LogP contribution in [0.4, 0.5) is 0 Å². The number of esters is 2. The molecule has 2 amide bonds. The number of likely N-dealkylation sites (N-methyl/N-ethyl adjacent to an activating group) is 2. The van der Waals surface area contributed by atoms with Crippen LogP contribution in [-0.4, -0.2) is 72.9 Å². The number of benzene rings is 4. The van der Waals surface area contributed by atoms with Gasteiger partial charge in [0.2, 0.25) is 11.8 Å². The van der Waals surface area contributed by atoms with Crippen LogP contribution in [0, 0.1) is 0 Å². The monoisotopic (exact) mass is 854 g/mol. The average molecular weight is 857 g/mol. The van der Waals surface area contributed by atoms with E-state index in [1.54, 1.807) is 88.6 Å². The quantitative estimate of drug-likeness (QED) is 0.117. The largest absolute Gasteiger partial charge is 0.464 e. The Hall–Kier alpha value is -3.50. The molecular formula is C40H40Cl6N2O6. The molecule has 0 radical (unpaired) electrons. The van der Waals surface area contributed by atoms with Crippen LogP contribution in [-0.2, 0) is 54.3 Å². The normalized spacial score (nSPS) is 11.7. The Morgan fingerprint density at radius 1 is 0.519 bits per heavy atom. The smallest absolute Gasteiger partial charge is 0.329 e. The average Bonchev–Trinajstić information content (AvgIpc) is 3.13. The summed E-state index contributed by atoms with van der Waals surface area (Å²) >= 11 is 35.8. The lowest BCUT2D eigenvalue weighted by molar-refractivity contribution is -0.153. The molecule has 0 aromatic heterocycles. The number of carbonyl (C=O) groups excluding carboxylic acids is 4. The second kappa shape index (κ2) is 22.2. The highest BCUT2D eigenvalue weighted by molar-refractivity contribution is 6.42. The molecule has 0 N–H and O–H groups in total. The van der Waals surface area contributed by atoms with E-state index in [0.717, 1.165) is 16.7 Å². The lowest BCUT2D eigenvalue weighted by Crippen LogP contribution is -2.45. The molecule has 0 spiro atoms. The van der Waals surface area contributed by atoms with Gasteiger partial charge in [-0.05, 0) is 84.6 Å². The molecule has 2 unspecified atom stereocenters. The molecule has 0 bridgehead atoms. The van der Waals surface area contributed by atoms with Crippen LogP contribution in [0.25, 0.3) is 0 Å². The standard InChI is InChI=1S/2C20H20Cl3NO3/c1-3-27-20(26)18(11-13-4-7-15(21)8-5-13)24(2)19(25)12-14-6-9-16(22)17(23)10-14;1-3-27-20(26)18(10-13-4-7-15(21)8-5-13)24(2)19(25)11-14-6-9-16(22)12-17(14)23/h4-10,18H,3,11-12H2,1-2H3;4-9,12,18H,3,10-11H2,1-2H3. The summed E-state index contributed by atoms with van der Waals surface area (Å²) < 4.78 is 10.3. The van der Waals surface area contributed by atoms with Crippen molar-refractivity contribution >= 4 is 93.4 Å². The van der Waals surface area contributed by atoms with E-state index in [1.807, 2.05) is 24.3 Å². The van der Waals surface area contributed by atoms with Gasteiger partial charge in [0, 0.05) is 47.0 Å². The molecule has 54 heavy (non-hydrogen) atoms. The van der Waals surface area contributed by atoms with Crippen molar-refractivity contribution in [3.63, 3.8) is 0 Å². The number of halogens is 6. The van der Waals surface area contributed by atoms with E-state index in [9.17, 15) is 19.2 Å². The third kappa shape index (κ3) is 14.0. The number of hydrogen-bond donors (Lipinski definition) is 0. The van der Waals surface area contributed by atoms with Gasteiger partial charge in [0.1, 0.15) is 12.1 Å². The Morgan fingerprint density at radius 3 is 1.37 bits per heavy atom. The third-order valence-corrected chi connectivity index (χ3v) is 10.0. The number of carbonyl (C=O) groups is 4. The van der Waals surface area contributed by atoms with Gasteiger partial charge in [-0.2, -0.15) is 0 Å². The fourth-order valence-electron chi connectivity index (χ4n) is 5.17. The second-order valence-corrected chi connectivity index (χ2v) is 14.6. The number of hydrogen-bond acceptors (Lipinski definition) is 6. The lowest BCUT2D eigenvalue weighted by Gasteiger charge is -2.27. The van der Waals surface area contributed by atoms with Crippen molar-refractivity contribution in [3.8, 4) is 0 Å². The van der Waals surface area contributed by atoms with Gasteiger partial charge >= 0.3 is 11.9 Å². The Labute approximate surface area is 346 Å². The Balaban J connectivity index is 0.000000290. The van der Waals surface area contributed by atoms with Crippen molar-refractivity contribution in [3.05, 3.63) is 137 Å². The fourth-order valence-corrected chi connectivity index (χ4v) is 6.22. The number of nitrogens with zero attached hydrogens (tertiary/aromatic N) is 2. The molecule has 0 heterocycles. The van der Waals surface area contributed by atoms with Crippen LogP contribution in [0.15, 0.2) is 84.9 Å². The van der Waals surface area contributed by atoms with Crippen LogP contribution in [0.3, 0.4) is 0 Å². The summed E-state index contributed by atoms with van der Waals surface area (Å²) in [5.41, 5.74) is 3.12. The summed E-state index contributed by atoms with van der Waals surface area (Å²) in [4.78, 5) is 53.2. The molecule has 288 valence electrons. The van der Waals surface area contributed by atoms with Crippen LogP contribution in [0.1, 0.15) is 36.1 Å². The molecule has 14 heteroatoms. The first kappa shape index (κ1) is 44.9. The molecule has 4 rings (SSSR count). The molecule has 0 aliphatic rings. The zero-order valence-corrected chi connectivity index (χ0v) is 34.6. The van der Waals surface area contributed by atoms with Crippen LogP contribution >= 0.6 is 69.6 Å². The van der Waals surface area contributed by atoms with Crippen molar-refractivity contribution in [2.45, 2.75) is 51.6 Å². The van der Waals surface area contributed by atoms with Crippen molar-refractivity contribution in [1.29, 1.82) is 0 Å². The summed E-state index contributed by atoms with van der Waals surface area (Å²) in [6.45, 7) is 3.94.